The second kappa shape index (κ2) is 4.67. The number of aromatic nitrogens is 2. The Morgan fingerprint density at radius 2 is 2.60 bits per heavy atom. The number of carbonyl (C=O) groups excluding carboxylic acids is 1. The maximum Gasteiger partial charge on any atom is 0.228 e. The summed E-state index contributed by atoms with van der Waals surface area (Å²) in [6.07, 6.45) is 3.38. The summed E-state index contributed by atoms with van der Waals surface area (Å²) in [5.74, 6) is 0.206. The largest absolute Gasteiger partial charge is 0.315 e. The molecule has 2 heterocycles. The van der Waals surface area contributed by atoms with Gasteiger partial charge in [0, 0.05) is 23.5 Å². The smallest absolute Gasteiger partial charge is 0.228 e. The van der Waals surface area contributed by atoms with Gasteiger partial charge in [-0.1, -0.05) is 4.49 Å². The molecule has 1 fully saturated rings. The van der Waals surface area contributed by atoms with E-state index >= 15 is 0 Å². The molecule has 1 aliphatic heterocycles. The first-order valence-electron chi connectivity index (χ1n) is 5.07. The van der Waals surface area contributed by atoms with Crippen LogP contribution in [0.2, 0.25) is 0 Å². The summed E-state index contributed by atoms with van der Waals surface area (Å²) >= 11 is 1.21. The van der Waals surface area contributed by atoms with E-state index in [9.17, 15) is 4.79 Å². The summed E-state index contributed by atoms with van der Waals surface area (Å²) in [5, 5.41) is 10.6. The third-order valence-electron chi connectivity index (χ3n) is 2.60. The zero-order chi connectivity index (χ0) is 10.7. The highest BCUT2D eigenvalue weighted by molar-refractivity contribution is 7.10. The minimum atomic E-state index is 0.0920. The molecule has 1 saturated heterocycles. The zero-order valence-corrected chi connectivity index (χ0v) is 9.38. The Balaban J connectivity index is 1.90. The second-order valence-corrected chi connectivity index (χ2v) is 4.63. The van der Waals surface area contributed by atoms with Gasteiger partial charge in [-0.15, -0.1) is 5.10 Å². The number of rotatable bonds is 2. The summed E-state index contributed by atoms with van der Waals surface area (Å²) < 4.78 is 3.70. The Labute approximate surface area is 92.4 Å². The Morgan fingerprint density at radius 1 is 1.73 bits per heavy atom. The fraction of sp³-hybridized carbons (Fsp3) is 0.667. The molecule has 2 unspecified atom stereocenters. The van der Waals surface area contributed by atoms with Gasteiger partial charge in [0.2, 0.25) is 5.91 Å². The normalized spacial score (nSPS) is 26.2. The molecule has 1 aromatic rings. The first-order valence-corrected chi connectivity index (χ1v) is 5.84. The van der Waals surface area contributed by atoms with Crippen LogP contribution in [0.3, 0.4) is 0 Å². The molecular weight excluding hydrogens is 212 g/mol. The summed E-state index contributed by atoms with van der Waals surface area (Å²) in [5.41, 5.74) is 0. The highest BCUT2D eigenvalue weighted by Gasteiger charge is 2.24. The summed E-state index contributed by atoms with van der Waals surface area (Å²) in [4.78, 5) is 11.8. The van der Waals surface area contributed by atoms with Gasteiger partial charge >= 0.3 is 0 Å². The van der Waals surface area contributed by atoms with E-state index in [1.165, 1.54) is 11.5 Å². The van der Waals surface area contributed by atoms with Crippen LogP contribution in [0.25, 0.3) is 0 Å². The molecule has 0 spiro atoms. The quantitative estimate of drug-likeness (QED) is 0.785. The van der Waals surface area contributed by atoms with Gasteiger partial charge in [-0.25, -0.2) is 0 Å². The zero-order valence-electron chi connectivity index (χ0n) is 8.56. The standard InChI is InChI=1S/C9H14N4OS/c1-6-4-7(2-3-10-6)9(14)12-8-5-11-13-15-8/h5-7,10H,2-4H2,1H3,(H,12,14). The number of carbonyl (C=O) groups is 1. The van der Waals surface area contributed by atoms with Gasteiger partial charge in [-0.3, -0.25) is 4.79 Å². The van der Waals surface area contributed by atoms with Gasteiger partial charge < -0.3 is 10.6 Å². The number of hydrogen-bond donors (Lipinski definition) is 2. The molecule has 2 N–H and O–H groups in total. The van der Waals surface area contributed by atoms with Crippen molar-refractivity contribution in [2.45, 2.75) is 25.8 Å². The van der Waals surface area contributed by atoms with Crippen LogP contribution in [0.4, 0.5) is 5.00 Å². The summed E-state index contributed by atoms with van der Waals surface area (Å²) in [6, 6.07) is 0.425. The van der Waals surface area contributed by atoms with Gasteiger partial charge in [0.05, 0.1) is 6.20 Å². The van der Waals surface area contributed by atoms with Crippen molar-refractivity contribution in [3.63, 3.8) is 0 Å². The first-order chi connectivity index (χ1) is 7.25. The average Bonchev–Trinajstić information content (AvgIpc) is 2.70. The molecule has 1 aromatic heterocycles. The van der Waals surface area contributed by atoms with Gasteiger partial charge in [0.25, 0.3) is 0 Å². The molecule has 6 heteroatoms. The van der Waals surface area contributed by atoms with Crippen LogP contribution >= 0.6 is 11.5 Å². The Hall–Kier alpha value is -1.01. The van der Waals surface area contributed by atoms with E-state index in [2.05, 4.69) is 27.1 Å². The van der Waals surface area contributed by atoms with Gasteiger partial charge in [0.15, 0.2) is 0 Å². The van der Waals surface area contributed by atoms with Gasteiger partial charge in [-0.05, 0) is 26.3 Å². The van der Waals surface area contributed by atoms with Crippen LogP contribution in [0.1, 0.15) is 19.8 Å². The molecular formula is C9H14N4OS. The lowest BCUT2D eigenvalue weighted by molar-refractivity contribution is -0.120. The molecule has 0 saturated carbocycles. The first kappa shape index (κ1) is 10.5. The number of amides is 1. The molecule has 5 nitrogen and oxygen atoms in total. The van der Waals surface area contributed by atoms with Crippen molar-refractivity contribution in [2.75, 3.05) is 11.9 Å². The highest BCUT2D eigenvalue weighted by Crippen LogP contribution is 2.19. The molecule has 82 valence electrons. The van der Waals surface area contributed by atoms with Crippen molar-refractivity contribution in [1.29, 1.82) is 0 Å². The van der Waals surface area contributed by atoms with Crippen LogP contribution in [0.5, 0.6) is 0 Å². The third kappa shape index (κ3) is 2.73. The van der Waals surface area contributed by atoms with Crippen LogP contribution in [0.15, 0.2) is 6.20 Å². The van der Waals surface area contributed by atoms with Gasteiger partial charge in [-0.2, -0.15) is 0 Å². The molecule has 0 radical (unpaired) electrons. The lowest BCUT2D eigenvalue weighted by atomic mass is 9.92. The van der Waals surface area contributed by atoms with E-state index in [0.29, 0.717) is 6.04 Å². The number of anilines is 1. The topological polar surface area (TPSA) is 66.9 Å². The Kier molecular flexibility index (Phi) is 3.27. The van der Waals surface area contributed by atoms with Crippen LogP contribution in [0, 0.1) is 5.92 Å². The van der Waals surface area contributed by atoms with Crippen LogP contribution in [-0.4, -0.2) is 28.1 Å². The lowest BCUT2D eigenvalue weighted by Crippen LogP contribution is -2.40. The predicted molar refractivity (Wildman–Crippen MR) is 58.7 cm³/mol. The van der Waals surface area contributed by atoms with Crippen molar-refractivity contribution < 1.29 is 4.79 Å². The van der Waals surface area contributed by atoms with E-state index in [1.807, 2.05) is 0 Å². The molecule has 2 rings (SSSR count). The van der Waals surface area contributed by atoms with Gasteiger partial charge in [0.1, 0.15) is 5.00 Å². The minimum absolute atomic E-state index is 0.0920. The van der Waals surface area contributed by atoms with Crippen molar-refractivity contribution in [3.05, 3.63) is 6.20 Å². The Bertz CT molecular complexity index is 327. The Morgan fingerprint density at radius 3 is 3.27 bits per heavy atom. The van der Waals surface area contributed by atoms with E-state index < -0.39 is 0 Å². The van der Waals surface area contributed by atoms with Crippen molar-refractivity contribution >= 4 is 22.4 Å². The third-order valence-corrected chi connectivity index (χ3v) is 3.18. The van der Waals surface area contributed by atoms with Crippen molar-refractivity contribution in [1.82, 2.24) is 14.9 Å². The molecule has 15 heavy (non-hydrogen) atoms. The maximum atomic E-state index is 11.8. The van der Waals surface area contributed by atoms with E-state index in [-0.39, 0.29) is 11.8 Å². The van der Waals surface area contributed by atoms with E-state index in [1.54, 1.807) is 6.20 Å². The predicted octanol–water partition coefficient (Wildman–Crippen LogP) is 0.865. The van der Waals surface area contributed by atoms with E-state index in [4.69, 9.17) is 0 Å². The number of piperidine rings is 1. The molecule has 0 bridgehead atoms. The summed E-state index contributed by atoms with van der Waals surface area (Å²) in [6.45, 7) is 3.02. The molecule has 1 amide bonds. The average molecular weight is 226 g/mol. The van der Waals surface area contributed by atoms with Crippen LogP contribution in [-0.2, 0) is 4.79 Å². The second-order valence-electron chi connectivity index (χ2n) is 3.85. The molecule has 2 atom stereocenters. The SMILES string of the molecule is CC1CC(C(=O)Nc2cnns2)CCN1. The molecule has 0 aromatic carbocycles. The van der Waals surface area contributed by atoms with Crippen LogP contribution < -0.4 is 10.6 Å². The minimum Gasteiger partial charge on any atom is -0.315 e. The lowest BCUT2D eigenvalue weighted by Gasteiger charge is -2.26. The number of nitrogens with zero attached hydrogens (tertiary/aromatic N) is 2. The monoisotopic (exact) mass is 226 g/mol. The summed E-state index contributed by atoms with van der Waals surface area (Å²) in [7, 11) is 0. The fourth-order valence-electron chi connectivity index (χ4n) is 1.82. The molecule has 0 aliphatic carbocycles. The van der Waals surface area contributed by atoms with Crippen molar-refractivity contribution in [2.24, 2.45) is 5.92 Å². The fourth-order valence-corrected chi connectivity index (χ4v) is 2.24. The molecule has 1 aliphatic rings. The van der Waals surface area contributed by atoms with E-state index in [0.717, 1.165) is 24.4 Å². The van der Waals surface area contributed by atoms with Crippen molar-refractivity contribution in [3.8, 4) is 0 Å². The number of nitrogens with one attached hydrogen (secondary N) is 2. The highest BCUT2D eigenvalue weighted by atomic mass is 32.1. The maximum absolute atomic E-state index is 11.8. The number of hydrogen-bond acceptors (Lipinski definition) is 5.